The first kappa shape index (κ1) is 16.8. The van der Waals surface area contributed by atoms with Crippen LogP contribution < -0.4 is 11.0 Å². The van der Waals surface area contributed by atoms with E-state index in [-0.39, 0.29) is 17.6 Å². The fourth-order valence-electron chi connectivity index (χ4n) is 2.74. The minimum atomic E-state index is -0.0589. The van der Waals surface area contributed by atoms with Crippen molar-refractivity contribution >= 4 is 0 Å². The van der Waals surface area contributed by atoms with Crippen LogP contribution in [0.2, 0.25) is 0 Å². The lowest BCUT2D eigenvalue weighted by molar-refractivity contribution is 0.300. The molecular weight excluding hydrogens is 252 g/mol. The molecule has 0 aliphatic heterocycles. The number of hydrogen-bond acceptors (Lipinski definition) is 3. The Labute approximate surface area is 121 Å². The van der Waals surface area contributed by atoms with Gasteiger partial charge in [0.1, 0.15) is 0 Å². The van der Waals surface area contributed by atoms with Gasteiger partial charge in [-0.15, -0.1) is 0 Å². The normalized spacial score (nSPS) is 13.3. The number of hydrogen-bond donors (Lipinski definition) is 2. The molecule has 1 unspecified atom stereocenters. The van der Waals surface area contributed by atoms with Crippen LogP contribution >= 0.6 is 0 Å². The lowest BCUT2D eigenvalue weighted by atomic mass is 9.83. The molecule has 114 valence electrons. The van der Waals surface area contributed by atoms with Crippen LogP contribution in [-0.4, -0.2) is 22.9 Å². The molecule has 2 N–H and O–H groups in total. The minimum absolute atomic E-state index is 0.0112. The third-order valence-electron chi connectivity index (χ3n) is 3.15. The summed E-state index contributed by atoms with van der Waals surface area (Å²) in [5.74, 6) is 0.498. The third kappa shape index (κ3) is 5.37. The molecule has 1 heterocycles. The quantitative estimate of drug-likeness (QED) is 0.841. The Bertz CT molecular complexity index is 486. The number of pyridine rings is 1. The number of aryl methyl sites for hydroxylation is 1. The van der Waals surface area contributed by atoms with Crippen molar-refractivity contribution in [2.75, 3.05) is 18.6 Å². The summed E-state index contributed by atoms with van der Waals surface area (Å²) in [5, 5.41) is 8.92. The maximum absolute atomic E-state index is 12.1. The van der Waals surface area contributed by atoms with Crippen molar-refractivity contribution < 1.29 is 5.11 Å². The average molecular weight is 280 g/mol. The van der Waals surface area contributed by atoms with Gasteiger partial charge in [-0.2, -0.15) is 0 Å². The Morgan fingerprint density at radius 2 is 2.00 bits per heavy atom. The molecule has 1 rings (SSSR count). The van der Waals surface area contributed by atoms with Crippen molar-refractivity contribution in [2.45, 2.75) is 47.5 Å². The number of aliphatic hydroxyl groups excluding tert-OH is 1. The van der Waals surface area contributed by atoms with Crippen molar-refractivity contribution in [1.29, 1.82) is 0 Å². The van der Waals surface area contributed by atoms with Crippen molar-refractivity contribution in [1.82, 2.24) is 4.68 Å². The third-order valence-corrected chi connectivity index (χ3v) is 3.15. The second-order valence-electron chi connectivity index (χ2n) is 6.90. The topological polar surface area (TPSA) is 54.3 Å². The van der Waals surface area contributed by atoms with Crippen molar-refractivity contribution in [3.8, 4) is 0 Å². The number of nitrogens with zero attached hydrogens (tertiary/aromatic N) is 1. The van der Waals surface area contributed by atoms with Crippen LogP contribution in [0.1, 0.15) is 45.4 Å². The fourth-order valence-corrected chi connectivity index (χ4v) is 2.74. The number of rotatable bonds is 6. The Kier molecular flexibility index (Phi) is 5.81. The van der Waals surface area contributed by atoms with E-state index in [9.17, 15) is 4.79 Å². The summed E-state index contributed by atoms with van der Waals surface area (Å²) in [6, 6.07) is 3.66. The highest BCUT2D eigenvalue weighted by molar-refractivity contribution is 5.18. The maximum Gasteiger partial charge on any atom is 0.269 e. The van der Waals surface area contributed by atoms with E-state index in [0.29, 0.717) is 12.5 Å². The van der Waals surface area contributed by atoms with Gasteiger partial charge in [-0.05, 0) is 42.7 Å². The predicted octanol–water partition coefficient (Wildman–Crippen LogP) is 2.31. The van der Waals surface area contributed by atoms with Crippen LogP contribution in [0.3, 0.4) is 0 Å². The van der Waals surface area contributed by atoms with E-state index in [1.165, 1.54) is 0 Å². The predicted molar refractivity (Wildman–Crippen MR) is 83.7 cm³/mol. The van der Waals surface area contributed by atoms with Crippen LogP contribution in [0.4, 0.5) is 0 Å². The lowest BCUT2D eigenvalue weighted by Crippen LogP contribution is -2.33. The Hall–Kier alpha value is -1.29. The molecule has 0 spiro atoms. The molecule has 4 nitrogen and oxygen atoms in total. The van der Waals surface area contributed by atoms with Gasteiger partial charge in [0.05, 0.1) is 13.2 Å². The smallest absolute Gasteiger partial charge is 0.269 e. The molecule has 0 aliphatic rings. The van der Waals surface area contributed by atoms with Crippen molar-refractivity contribution in [3.63, 3.8) is 0 Å². The SMILES string of the molecule is Cc1cc(CC(C)CC(C)(C)C)n(NCCO)c(=O)c1. The molecule has 1 aromatic rings. The van der Waals surface area contributed by atoms with Gasteiger partial charge in [0.2, 0.25) is 0 Å². The highest BCUT2D eigenvalue weighted by Crippen LogP contribution is 2.26. The number of aromatic nitrogens is 1. The summed E-state index contributed by atoms with van der Waals surface area (Å²) in [7, 11) is 0. The molecule has 1 atom stereocenters. The van der Waals surface area contributed by atoms with E-state index < -0.39 is 0 Å². The van der Waals surface area contributed by atoms with Crippen LogP contribution in [0, 0.1) is 18.3 Å². The zero-order valence-corrected chi connectivity index (χ0v) is 13.4. The molecule has 1 aromatic heterocycles. The lowest BCUT2D eigenvalue weighted by Gasteiger charge is -2.24. The van der Waals surface area contributed by atoms with Gasteiger partial charge in [-0.1, -0.05) is 27.7 Å². The highest BCUT2D eigenvalue weighted by Gasteiger charge is 2.17. The monoisotopic (exact) mass is 280 g/mol. The first-order chi connectivity index (χ1) is 9.23. The molecule has 0 fully saturated rings. The van der Waals surface area contributed by atoms with Crippen LogP contribution in [0.15, 0.2) is 16.9 Å². The summed E-state index contributed by atoms with van der Waals surface area (Å²) in [6.07, 6.45) is 1.96. The van der Waals surface area contributed by atoms with Gasteiger partial charge in [-0.25, -0.2) is 4.68 Å². The van der Waals surface area contributed by atoms with E-state index in [1.54, 1.807) is 10.7 Å². The first-order valence-corrected chi connectivity index (χ1v) is 7.30. The second kappa shape index (κ2) is 6.93. The van der Waals surface area contributed by atoms with Gasteiger partial charge >= 0.3 is 0 Å². The van der Waals surface area contributed by atoms with Crippen molar-refractivity contribution in [2.24, 2.45) is 11.3 Å². The van der Waals surface area contributed by atoms with Crippen LogP contribution in [0.5, 0.6) is 0 Å². The molecule has 0 aliphatic carbocycles. The molecule has 0 saturated heterocycles. The molecule has 0 aromatic carbocycles. The van der Waals surface area contributed by atoms with E-state index in [2.05, 4.69) is 33.1 Å². The summed E-state index contributed by atoms with van der Waals surface area (Å²) >= 11 is 0. The fraction of sp³-hybridized carbons (Fsp3) is 0.688. The summed E-state index contributed by atoms with van der Waals surface area (Å²) in [5.41, 5.74) is 5.17. The van der Waals surface area contributed by atoms with E-state index in [0.717, 1.165) is 24.1 Å². The standard InChI is InChI=1S/C16H28N2O2/c1-12-8-14(9-13(2)11-16(3,4)5)18(15(20)10-12)17-6-7-19/h8,10,13,17,19H,6-7,9,11H2,1-5H3. The average Bonchev–Trinajstić information content (AvgIpc) is 2.24. The van der Waals surface area contributed by atoms with Crippen LogP contribution in [-0.2, 0) is 6.42 Å². The Balaban J connectivity index is 2.94. The maximum atomic E-state index is 12.1. The minimum Gasteiger partial charge on any atom is -0.394 e. The van der Waals surface area contributed by atoms with Crippen molar-refractivity contribution in [3.05, 3.63) is 33.7 Å². The molecule has 0 radical (unpaired) electrons. The highest BCUT2D eigenvalue weighted by atomic mass is 16.3. The van der Waals surface area contributed by atoms with E-state index in [4.69, 9.17) is 5.11 Å². The van der Waals surface area contributed by atoms with E-state index in [1.807, 2.05) is 13.0 Å². The molecular formula is C16H28N2O2. The molecule has 0 amide bonds. The largest absolute Gasteiger partial charge is 0.394 e. The molecule has 4 heteroatoms. The molecule has 0 saturated carbocycles. The number of aliphatic hydroxyl groups is 1. The zero-order chi connectivity index (χ0) is 15.3. The number of nitrogens with one attached hydrogen (secondary N) is 1. The van der Waals surface area contributed by atoms with Crippen LogP contribution in [0.25, 0.3) is 0 Å². The van der Waals surface area contributed by atoms with E-state index >= 15 is 0 Å². The van der Waals surface area contributed by atoms with Gasteiger partial charge < -0.3 is 10.5 Å². The zero-order valence-electron chi connectivity index (χ0n) is 13.4. The Morgan fingerprint density at radius 3 is 2.55 bits per heavy atom. The summed E-state index contributed by atoms with van der Waals surface area (Å²) in [4.78, 5) is 12.1. The van der Waals surface area contributed by atoms with Gasteiger partial charge in [0, 0.05) is 11.8 Å². The van der Waals surface area contributed by atoms with Gasteiger partial charge in [0.15, 0.2) is 0 Å². The second-order valence-corrected chi connectivity index (χ2v) is 6.90. The van der Waals surface area contributed by atoms with Gasteiger partial charge in [0.25, 0.3) is 5.56 Å². The summed E-state index contributed by atoms with van der Waals surface area (Å²) < 4.78 is 1.57. The Morgan fingerprint density at radius 1 is 1.35 bits per heavy atom. The van der Waals surface area contributed by atoms with Gasteiger partial charge in [-0.3, -0.25) is 4.79 Å². The molecule has 20 heavy (non-hydrogen) atoms. The summed E-state index contributed by atoms with van der Waals surface area (Å²) in [6.45, 7) is 11.2. The first-order valence-electron chi connectivity index (χ1n) is 7.30. The molecule has 0 bridgehead atoms.